The molecule has 2 aliphatic heterocycles. The Kier molecular flexibility index (Phi) is 5.74. The molecule has 2 amide bonds. The Balaban J connectivity index is 1.48. The summed E-state index contributed by atoms with van der Waals surface area (Å²) in [6.45, 7) is 6.77. The van der Waals surface area contributed by atoms with Gasteiger partial charge in [0.1, 0.15) is 0 Å². The molecule has 2 saturated heterocycles. The van der Waals surface area contributed by atoms with E-state index in [1.54, 1.807) is 0 Å². The second-order valence-corrected chi connectivity index (χ2v) is 7.25. The van der Waals surface area contributed by atoms with Crippen LogP contribution in [0.1, 0.15) is 47.2 Å². The summed E-state index contributed by atoms with van der Waals surface area (Å²) in [5.41, 5.74) is 3.07. The van der Waals surface area contributed by atoms with E-state index in [0.717, 1.165) is 43.4 Å². The lowest BCUT2D eigenvalue weighted by Crippen LogP contribution is -2.44. The second-order valence-electron chi connectivity index (χ2n) is 7.25. The summed E-state index contributed by atoms with van der Waals surface area (Å²) in [5, 5.41) is 3.02. The number of likely N-dealkylation sites (tertiary alicyclic amines) is 1. The minimum absolute atomic E-state index is 0.00482. The zero-order valence-corrected chi connectivity index (χ0v) is 15.2. The zero-order valence-electron chi connectivity index (χ0n) is 15.2. The van der Waals surface area contributed by atoms with Crippen molar-refractivity contribution < 1.29 is 14.3 Å². The van der Waals surface area contributed by atoms with Gasteiger partial charge in [-0.2, -0.15) is 0 Å². The highest BCUT2D eigenvalue weighted by Gasteiger charge is 2.28. The predicted molar refractivity (Wildman–Crippen MR) is 96.5 cm³/mol. The van der Waals surface area contributed by atoms with Gasteiger partial charge in [0.2, 0.25) is 5.91 Å². The van der Waals surface area contributed by atoms with Crippen molar-refractivity contribution in [3.8, 4) is 0 Å². The summed E-state index contributed by atoms with van der Waals surface area (Å²) >= 11 is 0. The summed E-state index contributed by atoms with van der Waals surface area (Å²) in [5.74, 6) is 0.181. The van der Waals surface area contributed by atoms with Gasteiger partial charge in [-0.3, -0.25) is 9.59 Å². The maximum Gasteiger partial charge on any atom is 0.253 e. The standard InChI is InChI=1S/C20H28N2O3/c1-14-5-6-17(12-15(14)2)20(24)22-9-7-16(8-10-22)19(23)21-13-18-4-3-11-25-18/h5-6,12,16,18H,3-4,7-11,13H2,1-2H3,(H,21,23). The largest absolute Gasteiger partial charge is 0.376 e. The van der Waals surface area contributed by atoms with Gasteiger partial charge in [0.15, 0.2) is 0 Å². The number of carbonyl (C=O) groups excluding carboxylic acids is 2. The fourth-order valence-electron chi connectivity index (χ4n) is 3.57. The Morgan fingerprint density at radius 3 is 2.56 bits per heavy atom. The van der Waals surface area contributed by atoms with Gasteiger partial charge in [-0.1, -0.05) is 6.07 Å². The zero-order chi connectivity index (χ0) is 17.8. The summed E-state index contributed by atoms with van der Waals surface area (Å²) < 4.78 is 5.54. The molecule has 0 saturated carbocycles. The molecule has 1 aromatic carbocycles. The minimum Gasteiger partial charge on any atom is -0.376 e. The van der Waals surface area contributed by atoms with Crippen LogP contribution in [0, 0.1) is 19.8 Å². The molecular formula is C20H28N2O3. The molecule has 0 radical (unpaired) electrons. The van der Waals surface area contributed by atoms with Gasteiger partial charge in [0.05, 0.1) is 6.10 Å². The quantitative estimate of drug-likeness (QED) is 0.913. The highest BCUT2D eigenvalue weighted by atomic mass is 16.5. The topological polar surface area (TPSA) is 58.6 Å². The number of amides is 2. The highest BCUT2D eigenvalue weighted by Crippen LogP contribution is 2.20. The van der Waals surface area contributed by atoms with E-state index in [1.165, 1.54) is 5.56 Å². The molecule has 2 aliphatic rings. The number of rotatable bonds is 4. The molecule has 1 unspecified atom stereocenters. The third kappa shape index (κ3) is 4.40. The van der Waals surface area contributed by atoms with Crippen LogP contribution in [0.3, 0.4) is 0 Å². The third-order valence-electron chi connectivity index (χ3n) is 5.43. The number of piperidine rings is 1. The monoisotopic (exact) mass is 344 g/mol. The lowest BCUT2D eigenvalue weighted by molar-refractivity contribution is -0.126. The molecule has 0 aromatic heterocycles. The highest BCUT2D eigenvalue weighted by molar-refractivity contribution is 5.94. The predicted octanol–water partition coefficient (Wildman–Crippen LogP) is 2.45. The van der Waals surface area contributed by atoms with Crippen LogP contribution in [0.2, 0.25) is 0 Å². The third-order valence-corrected chi connectivity index (χ3v) is 5.43. The molecule has 1 N–H and O–H groups in total. The van der Waals surface area contributed by atoms with E-state index in [0.29, 0.717) is 19.6 Å². The SMILES string of the molecule is Cc1ccc(C(=O)N2CCC(C(=O)NCC3CCCO3)CC2)cc1C. The molecule has 25 heavy (non-hydrogen) atoms. The smallest absolute Gasteiger partial charge is 0.253 e. The van der Waals surface area contributed by atoms with Crippen LogP contribution in [-0.4, -0.2) is 49.1 Å². The first-order valence-corrected chi connectivity index (χ1v) is 9.30. The summed E-state index contributed by atoms with van der Waals surface area (Å²) in [7, 11) is 0. The summed E-state index contributed by atoms with van der Waals surface area (Å²) in [4.78, 5) is 26.8. The van der Waals surface area contributed by atoms with E-state index < -0.39 is 0 Å². The molecule has 5 heteroatoms. The Morgan fingerprint density at radius 2 is 1.92 bits per heavy atom. The molecule has 2 heterocycles. The van der Waals surface area contributed by atoms with Gasteiger partial charge < -0.3 is 15.0 Å². The van der Waals surface area contributed by atoms with Gasteiger partial charge in [-0.15, -0.1) is 0 Å². The maximum absolute atomic E-state index is 12.6. The Bertz CT molecular complexity index is 630. The number of carbonyl (C=O) groups is 2. The molecule has 136 valence electrons. The Labute approximate surface area is 149 Å². The van der Waals surface area contributed by atoms with Crippen LogP contribution >= 0.6 is 0 Å². The van der Waals surface area contributed by atoms with Crippen LogP contribution in [0.25, 0.3) is 0 Å². The molecule has 0 spiro atoms. The Morgan fingerprint density at radius 1 is 1.16 bits per heavy atom. The molecule has 0 bridgehead atoms. The number of ether oxygens (including phenoxy) is 1. The van der Waals surface area contributed by atoms with Crippen molar-refractivity contribution >= 4 is 11.8 Å². The lowest BCUT2D eigenvalue weighted by atomic mass is 9.95. The van der Waals surface area contributed by atoms with Crippen LogP contribution in [-0.2, 0) is 9.53 Å². The first-order valence-electron chi connectivity index (χ1n) is 9.30. The van der Waals surface area contributed by atoms with Gasteiger partial charge >= 0.3 is 0 Å². The van der Waals surface area contributed by atoms with Gasteiger partial charge in [0.25, 0.3) is 5.91 Å². The van der Waals surface area contributed by atoms with E-state index in [4.69, 9.17) is 4.74 Å². The normalized spacial score (nSPS) is 21.4. The molecule has 3 rings (SSSR count). The van der Waals surface area contributed by atoms with E-state index in [1.807, 2.05) is 36.9 Å². The van der Waals surface area contributed by atoms with E-state index >= 15 is 0 Å². The van der Waals surface area contributed by atoms with Crippen LogP contribution in [0.4, 0.5) is 0 Å². The van der Waals surface area contributed by atoms with Gasteiger partial charge in [0, 0.05) is 37.7 Å². The van der Waals surface area contributed by atoms with Crippen molar-refractivity contribution in [3.05, 3.63) is 34.9 Å². The molecular weight excluding hydrogens is 316 g/mol. The number of hydrogen-bond acceptors (Lipinski definition) is 3. The van der Waals surface area contributed by atoms with E-state index in [9.17, 15) is 9.59 Å². The second kappa shape index (κ2) is 8.00. The number of benzene rings is 1. The van der Waals surface area contributed by atoms with Gasteiger partial charge in [-0.05, 0) is 62.8 Å². The van der Waals surface area contributed by atoms with Crippen LogP contribution in [0.15, 0.2) is 18.2 Å². The van der Waals surface area contributed by atoms with Crippen LogP contribution < -0.4 is 5.32 Å². The fraction of sp³-hybridized carbons (Fsp3) is 0.600. The van der Waals surface area contributed by atoms with Crippen LogP contribution in [0.5, 0.6) is 0 Å². The summed E-state index contributed by atoms with van der Waals surface area (Å²) in [6, 6.07) is 5.84. The Hall–Kier alpha value is -1.88. The number of nitrogens with zero attached hydrogens (tertiary/aromatic N) is 1. The molecule has 5 nitrogen and oxygen atoms in total. The van der Waals surface area contributed by atoms with Crippen molar-refractivity contribution in [2.24, 2.45) is 5.92 Å². The first kappa shape index (κ1) is 17.9. The summed E-state index contributed by atoms with van der Waals surface area (Å²) in [6.07, 6.45) is 3.75. The molecule has 1 atom stereocenters. The average Bonchev–Trinajstić information content (AvgIpc) is 3.15. The molecule has 2 fully saturated rings. The van der Waals surface area contributed by atoms with Crippen molar-refractivity contribution in [2.75, 3.05) is 26.2 Å². The van der Waals surface area contributed by atoms with Crippen molar-refractivity contribution in [1.29, 1.82) is 0 Å². The van der Waals surface area contributed by atoms with E-state index in [-0.39, 0.29) is 23.8 Å². The molecule has 0 aliphatic carbocycles. The van der Waals surface area contributed by atoms with Crippen molar-refractivity contribution in [1.82, 2.24) is 10.2 Å². The van der Waals surface area contributed by atoms with Gasteiger partial charge in [-0.25, -0.2) is 0 Å². The molecule has 1 aromatic rings. The number of aryl methyl sites for hydroxylation is 2. The number of nitrogens with one attached hydrogen (secondary N) is 1. The maximum atomic E-state index is 12.6. The lowest BCUT2D eigenvalue weighted by Gasteiger charge is -2.31. The fourth-order valence-corrected chi connectivity index (χ4v) is 3.57. The number of hydrogen-bond donors (Lipinski definition) is 1. The first-order chi connectivity index (χ1) is 12.0. The van der Waals surface area contributed by atoms with Crippen molar-refractivity contribution in [3.63, 3.8) is 0 Å². The van der Waals surface area contributed by atoms with Crippen molar-refractivity contribution in [2.45, 2.75) is 45.6 Å². The minimum atomic E-state index is 0.00482. The average molecular weight is 344 g/mol. The van der Waals surface area contributed by atoms with E-state index in [2.05, 4.69) is 5.32 Å².